The van der Waals surface area contributed by atoms with Crippen LogP contribution in [0, 0.1) is 18.3 Å². The molecule has 0 fully saturated rings. The standard InChI is InChI=1S/C18H15Cl2N3O/c1-12-5-6-16(8-17(12)20)23-18(24)14(9-21)11-22-10-13-3-2-4-15(19)7-13/h2-8,11,22H,10H2,1H3,(H,23,24)/b14-11-. The van der Waals surface area contributed by atoms with Crippen molar-refractivity contribution in [3.8, 4) is 6.07 Å². The van der Waals surface area contributed by atoms with Gasteiger partial charge in [-0.05, 0) is 42.3 Å². The molecule has 122 valence electrons. The zero-order valence-corrected chi connectivity index (χ0v) is 14.4. The Morgan fingerprint density at radius 1 is 1.25 bits per heavy atom. The molecule has 0 spiro atoms. The minimum absolute atomic E-state index is 0.0336. The van der Waals surface area contributed by atoms with E-state index in [1.165, 1.54) is 6.20 Å². The van der Waals surface area contributed by atoms with Gasteiger partial charge in [-0.25, -0.2) is 0 Å². The van der Waals surface area contributed by atoms with Crippen LogP contribution in [0.5, 0.6) is 0 Å². The molecule has 6 heteroatoms. The molecule has 2 N–H and O–H groups in total. The number of hydrogen-bond acceptors (Lipinski definition) is 3. The molecule has 0 aromatic heterocycles. The van der Waals surface area contributed by atoms with Gasteiger partial charge in [-0.1, -0.05) is 41.4 Å². The van der Waals surface area contributed by atoms with E-state index in [9.17, 15) is 4.79 Å². The van der Waals surface area contributed by atoms with Gasteiger partial charge in [0.15, 0.2) is 0 Å². The molecule has 2 rings (SSSR count). The Morgan fingerprint density at radius 2 is 2.04 bits per heavy atom. The van der Waals surface area contributed by atoms with Crippen molar-refractivity contribution in [1.29, 1.82) is 5.26 Å². The van der Waals surface area contributed by atoms with Gasteiger partial charge in [0.2, 0.25) is 0 Å². The molecule has 0 atom stereocenters. The fraction of sp³-hybridized carbons (Fsp3) is 0.111. The fourth-order valence-corrected chi connectivity index (χ4v) is 2.33. The summed E-state index contributed by atoms with van der Waals surface area (Å²) < 4.78 is 0. The Morgan fingerprint density at radius 3 is 2.71 bits per heavy atom. The Hall–Kier alpha value is -2.48. The van der Waals surface area contributed by atoms with E-state index in [0.717, 1.165) is 11.1 Å². The number of nitrogens with one attached hydrogen (secondary N) is 2. The molecule has 2 aromatic rings. The molecule has 0 saturated heterocycles. The average molecular weight is 360 g/mol. The van der Waals surface area contributed by atoms with Crippen LogP contribution in [-0.2, 0) is 11.3 Å². The third kappa shape index (κ3) is 5.02. The molecule has 0 unspecified atom stereocenters. The molecular formula is C18H15Cl2N3O. The number of aryl methyl sites for hydroxylation is 1. The van der Waals surface area contributed by atoms with Crippen molar-refractivity contribution in [2.24, 2.45) is 0 Å². The first-order valence-electron chi connectivity index (χ1n) is 7.15. The van der Waals surface area contributed by atoms with Gasteiger partial charge < -0.3 is 10.6 Å². The second-order valence-corrected chi connectivity index (χ2v) is 5.94. The highest BCUT2D eigenvalue weighted by molar-refractivity contribution is 6.31. The lowest BCUT2D eigenvalue weighted by molar-refractivity contribution is -0.112. The van der Waals surface area contributed by atoms with Crippen LogP contribution in [0.15, 0.2) is 54.2 Å². The van der Waals surface area contributed by atoms with Gasteiger partial charge in [0.1, 0.15) is 11.6 Å². The third-order valence-electron chi connectivity index (χ3n) is 3.24. The zero-order chi connectivity index (χ0) is 17.5. The van der Waals surface area contributed by atoms with Gasteiger partial charge in [-0.3, -0.25) is 4.79 Å². The first kappa shape index (κ1) is 17.9. The average Bonchev–Trinajstić information content (AvgIpc) is 2.55. The molecule has 0 radical (unpaired) electrons. The highest BCUT2D eigenvalue weighted by Gasteiger charge is 2.09. The summed E-state index contributed by atoms with van der Waals surface area (Å²) in [6.07, 6.45) is 1.38. The summed E-state index contributed by atoms with van der Waals surface area (Å²) >= 11 is 11.9. The van der Waals surface area contributed by atoms with Crippen molar-refractivity contribution in [2.45, 2.75) is 13.5 Å². The van der Waals surface area contributed by atoms with Crippen LogP contribution in [0.25, 0.3) is 0 Å². The van der Waals surface area contributed by atoms with Gasteiger partial charge in [-0.15, -0.1) is 0 Å². The molecule has 0 saturated carbocycles. The molecule has 0 bridgehead atoms. The minimum Gasteiger partial charge on any atom is -0.386 e. The summed E-state index contributed by atoms with van der Waals surface area (Å²) in [5, 5.41) is 15.9. The van der Waals surface area contributed by atoms with E-state index in [0.29, 0.717) is 22.3 Å². The van der Waals surface area contributed by atoms with Gasteiger partial charge in [0.25, 0.3) is 5.91 Å². The molecule has 0 aliphatic carbocycles. The normalized spacial score (nSPS) is 10.8. The summed E-state index contributed by atoms with van der Waals surface area (Å²) in [7, 11) is 0. The first-order chi connectivity index (χ1) is 11.5. The summed E-state index contributed by atoms with van der Waals surface area (Å²) in [4.78, 5) is 12.1. The van der Waals surface area contributed by atoms with E-state index in [-0.39, 0.29) is 5.57 Å². The first-order valence-corrected chi connectivity index (χ1v) is 7.91. The summed E-state index contributed by atoms with van der Waals surface area (Å²) in [5.74, 6) is -0.504. The third-order valence-corrected chi connectivity index (χ3v) is 3.88. The van der Waals surface area contributed by atoms with Crippen LogP contribution < -0.4 is 10.6 Å². The summed E-state index contributed by atoms with van der Waals surface area (Å²) in [6, 6.07) is 14.4. The van der Waals surface area contributed by atoms with Gasteiger partial charge in [0.05, 0.1) is 0 Å². The molecular weight excluding hydrogens is 345 g/mol. The quantitative estimate of drug-likeness (QED) is 0.612. The van der Waals surface area contributed by atoms with Crippen molar-refractivity contribution in [3.63, 3.8) is 0 Å². The molecule has 4 nitrogen and oxygen atoms in total. The van der Waals surface area contributed by atoms with Gasteiger partial charge in [-0.2, -0.15) is 5.26 Å². The predicted molar refractivity (Wildman–Crippen MR) is 96.8 cm³/mol. The van der Waals surface area contributed by atoms with Crippen LogP contribution in [0.3, 0.4) is 0 Å². The van der Waals surface area contributed by atoms with Crippen molar-refractivity contribution in [3.05, 3.63) is 75.4 Å². The molecule has 0 aliphatic heterocycles. The maximum Gasteiger partial charge on any atom is 0.267 e. The van der Waals surface area contributed by atoms with Crippen molar-refractivity contribution < 1.29 is 4.79 Å². The number of nitrogens with zero attached hydrogens (tertiary/aromatic N) is 1. The van der Waals surface area contributed by atoms with E-state index in [4.69, 9.17) is 28.5 Å². The van der Waals surface area contributed by atoms with Crippen molar-refractivity contribution in [1.82, 2.24) is 5.32 Å². The number of amides is 1. The topological polar surface area (TPSA) is 64.9 Å². The highest BCUT2D eigenvalue weighted by Crippen LogP contribution is 2.20. The lowest BCUT2D eigenvalue weighted by atomic mass is 10.2. The highest BCUT2D eigenvalue weighted by atomic mass is 35.5. The second-order valence-electron chi connectivity index (χ2n) is 5.10. The maximum atomic E-state index is 12.1. The number of halogens is 2. The van der Waals surface area contributed by atoms with E-state index < -0.39 is 5.91 Å². The number of hydrogen-bond donors (Lipinski definition) is 2. The molecule has 1 amide bonds. The lowest BCUT2D eigenvalue weighted by Crippen LogP contribution is -2.16. The number of benzene rings is 2. The molecule has 24 heavy (non-hydrogen) atoms. The van der Waals surface area contributed by atoms with Crippen LogP contribution in [0.4, 0.5) is 5.69 Å². The largest absolute Gasteiger partial charge is 0.386 e. The Bertz CT molecular complexity index is 825. The van der Waals surface area contributed by atoms with E-state index in [1.54, 1.807) is 24.3 Å². The molecule has 0 heterocycles. The van der Waals surface area contributed by atoms with Crippen LogP contribution in [0.1, 0.15) is 11.1 Å². The maximum absolute atomic E-state index is 12.1. The minimum atomic E-state index is -0.504. The smallest absolute Gasteiger partial charge is 0.267 e. The number of nitriles is 1. The number of rotatable bonds is 5. The SMILES string of the molecule is Cc1ccc(NC(=O)/C(C#N)=C\NCc2cccc(Cl)c2)cc1Cl. The Kier molecular flexibility index (Phi) is 6.25. The number of carbonyl (C=O) groups excluding carboxylic acids is 1. The van der Waals surface area contributed by atoms with E-state index in [2.05, 4.69) is 10.6 Å². The van der Waals surface area contributed by atoms with E-state index in [1.807, 2.05) is 31.2 Å². The monoisotopic (exact) mass is 359 g/mol. The lowest BCUT2D eigenvalue weighted by Gasteiger charge is -2.07. The Labute approximate surface area is 150 Å². The van der Waals surface area contributed by atoms with Crippen LogP contribution in [-0.4, -0.2) is 5.91 Å². The van der Waals surface area contributed by atoms with Crippen molar-refractivity contribution in [2.75, 3.05) is 5.32 Å². The predicted octanol–water partition coefficient (Wildman–Crippen LogP) is 4.44. The molecule has 0 aliphatic rings. The van der Waals surface area contributed by atoms with E-state index >= 15 is 0 Å². The number of carbonyl (C=O) groups is 1. The molecule has 2 aromatic carbocycles. The van der Waals surface area contributed by atoms with Gasteiger partial charge in [0, 0.05) is 28.5 Å². The summed E-state index contributed by atoms with van der Waals surface area (Å²) in [6.45, 7) is 2.32. The Balaban J connectivity index is 2.00. The van der Waals surface area contributed by atoms with Crippen molar-refractivity contribution >= 4 is 34.8 Å². The number of anilines is 1. The van der Waals surface area contributed by atoms with Crippen LogP contribution >= 0.6 is 23.2 Å². The fourth-order valence-electron chi connectivity index (χ4n) is 1.94. The zero-order valence-electron chi connectivity index (χ0n) is 12.9. The van der Waals surface area contributed by atoms with Crippen LogP contribution in [0.2, 0.25) is 10.0 Å². The van der Waals surface area contributed by atoms with Gasteiger partial charge >= 0.3 is 0 Å². The second kappa shape index (κ2) is 8.39. The summed E-state index contributed by atoms with van der Waals surface area (Å²) in [5.41, 5.74) is 2.36.